The highest BCUT2D eigenvalue weighted by Gasteiger charge is 2.34. The molecule has 0 aliphatic heterocycles. The number of amides is 1. The first kappa shape index (κ1) is 12.4. The fraction of sp³-hybridized carbons (Fsp3) is 0.429. The molecular formula is C14H16N2O2S. The van der Waals surface area contributed by atoms with Gasteiger partial charge in [0.05, 0.1) is 6.20 Å². The largest absolute Gasteiger partial charge is 0.361 e. The summed E-state index contributed by atoms with van der Waals surface area (Å²) in [6.45, 7) is 2.55. The van der Waals surface area contributed by atoms with Gasteiger partial charge in [-0.25, -0.2) is 0 Å². The number of thiophene rings is 1. The molecule has 19 heavy (non-hydrogen) atoms. The lowest BCUT2D eigenvalue weighted by atomic mass is 10.2. The molecule has 0 unspecified atom stereocenters. The van der Waals surface area contributed by atoms with E-state index in [9.17, 15) is 4.79 Å². The van der Waals surface area contributed by atoms with Crippen molar-refractivity contribution < 1.29 is 9.32 Å². The van der Waals surface area contributed by atoms with Gasteiger partial charge in [0.1, 0.15) is 11.3 Å². The Hall–Kier alpha value is -1.62. The first-order valence-electron chi connectivity index (χ1n) is 6.50. The third-order valence-electron chi connectivity index (χ3n) is 3.41. The van der Waals surface area contributed by atoms with Crippen LogP contribution in [-0.2, 0) is 6.42 Å². The predicted molar refractivity (Wildman–Crippen MR) is 73.3 cm³/mol. The highest BCUT2D eigenvalue weighted by Crippen LogP contribution is 2.29. The number of aryl methyl sites for hydroxylation is 1. The number of hydrogen-bond acceptors (Lipinski definition) is 4. The second-order valence-electron chi connectivity index (χ2n) is 4.85. The van der Waals surface area contributed by atoms with Crippen molar-refractivity contribution in [3.63, 3.8) is 0 Å². The van der Waals surface area contributed by atoms with Crippen LogP contribution in [0, 0.1) is 6.92 Å². The van der Waals surface area contributed by atoms with Crippen LogP contribution in [-0.4, -0.2) is 28.6 Å². The van der Waals surface area contributed by atoms with E-state index in [2.05, 4.69) is 16.6 Å². The van der Waals surface area contributed by atoms with Gasteiger partial charge in [0.25, 0.3) is 5.91 Å². The van der Waals surface area contributed by atoms with Crippen LogP contribution in [0.3, 0.4) is 0 Å². The van der Waals surface area contributed by atoms with Crippen LogP contribution in [0.4, 0.5) is 0 Å². The SMILES string of the molecule is Cc1oncc1C(=O)N(CCc1cccs1)C1CC1. The van der Waals surface area contributed by atoms with Crippen molar-refractivity contribution in [3.8, 4) is 0 Å². The minimum Gasteiger partial charge on any atom is -0.361 e. The van der Waals surface area contributed by atoms with E-state index in [4.69, 9.17) is 4.52 Å². The number of carbonyl (C=O) groups is 1. The number of nitrogens with zero attached hydrogens (tertiary/aromatic N) is 2. The molecule has 0 aromatic carbocycles. The molecule has 0 saturated heterocycles. The molecule has 2 aromatic rings. The molecule has 1 aliphatic carbocycles. The van der Waals surface area contributed by atoms with E-state index in [-0.39, 0.29) is 5.91 Å². The number of carbonyl (C=O) groups excluding carboxylic acids is 1. The van der Waals surface area contributed by atoms with E-state index in [1.54, 1.807) is 18.3 Å². The summed E-state index contributed by atoms with van der Waals surface area (Å²) in [6, 6.07) is 4.57. The van der Waals surface area contributed by atoms with E-state index >= 15 is 0 Å². The summed E-state index contributed by atoms with van der Waals surface area (Å²) >= 11 is 1.74. The van der Waals surface area contributed by atoms with Gasteiger partial charge in [0.2, 0.25) is 0 Å². The molecule has 0 spiro atoms. The van der Waals surface area contributed by atoms with Crippen molar-refractivity contribution in [1.29, 1.82) is 0 Å². The van der Waals surface area contributed by atoms with E-state index in [1.165, 1.54) is 11.1 Å². The van der Waals surface area contributed by atoms with Crippen LogP contribution in [0.2, 0.25) is 0 Å². The van der Waals surface area contributed by atoms with Crippen LogP contribution in [0.25, 0.3) is 0 Å². The van der Waals surface area contributed by atoms with Crippen LogP contribution in [0.1, 0.15) is 33.8 Å². The Morgan fingerprint density at radius 3 is 3.00 bits per heavy atom. The normalized spacial score (nSPS) is 14.6. The van der Waals surface area contributed by atoms with Gasteiger partial charge in [-0.1, -0.05) is 11.2 Å². The van der Waals surface area contributed by atoms with Crippen LogP contribution in [0.15, 0.2) is 28.2 Å². The number of aromatic nitrogens is 1. The van der Waals surface area contributed by atoms with Gasteiger partial charge < -0.3 is 9.42 Å². The Bertz CT molecular complexity index is 558. The topological polar surface area (TPSA) is 46.3 Å². The van der Waals surface area contributed by atoms with Crippen LogP contribution in [0.5, 0.6) is 0 Å². The zero-order valence-corrected chi connectivity index (χ0v) is 11.7. The van der Waals surface area contributed by atoms with E-state index in [1.807, 2.05) is 11.0 Å². The standard InChI is InChI=1S/C14H16N2O2S/c1-10-13(9-15-18-10)14(17)16(11-4-5-11)7-6-12-3-2-8-19-12/h2-3,8-9,11H,4-7H2,1H3. The van der Waals surface area contributed by atoms with E-state index in [0.29, 0.717) is 17.4 Å². The summed E-state index contributed by atoms with van der Waals surface area (Å²) in [5.74, 6) is 0.657. The minimum atomic E-state index is 0.0535. The average molecular weight is 276 g/mol. The summed E-state index contributed by atoms with van der Waals surface area (Å²) in [5.41, 5.74) is 0.595. The lowest BCUT2D eigenvalue weighted by Gasteiger charge is -2.21. The second kappa shape index (κ2) is 5.17. The summed E-state index contributed by atoms with van der Waals surface area (Å²) in [4.78, 5) is 15.8. The molecule has 1 fully saturated rings. The Labute approximate surface area is 116 Å². The highest BCUT2D eigenvalue weighted by molar-refractivity contribution is 7.09. The highest BCUT2D eigenvalue weighted by atomic mass is 32.1. The molecule has 2 heterocycles. The van der Waals surface area contributed by atoms with Gasteiger partial charge in [-0.05, 0) is 37.6 Å². The van der Waals surface area contributed by atoms with Crippen LogP contribution >= 0.6 is 11.3 Å². The van der Waals surface area contributed by atoms with Crippen molar-refractivity contribution in [1.82, 2.24) is 10.1 Å². The van der Waals surface area contributed by atoms with Crippen molar-refractivity contribution >= 4 is 17.2 Å². The number of hydrogen-bond donors (Lipinski definition) is 0. The summed E-state index contributed by atoms with van der Waals surface area (Å²) < 4.78 is 4.99. The van der Waals surface area contributed by atoms with Crippen molar-refractivity contribution in [3.05, 3.63) is 39.9 Å². The third kappa shape index (κ3) is 2.71. The maximum atomic E-state index is 12.5. The summed E-state index contributed by atoms with van der Waals surface area (Å²) in [7, 11) is 0. The van der Waals surface area contributed by atoms with Crippen molar-refractivity contribution in [2.45, 2.75) is 32.2 Å². The lowest BCUT2D eigenvalue weighted by Crippen LogP contribution is -2.35. The fourth-order valence-corrected chi connectivity index (χ4v) is 2.88. The molecule has 5 heteroatoms. The molecule has 4 nitrogen and oxygen atoms in total. The monoisotopic (exact) mass is 276 g/mol. The first-order valence-corrected chi connectivity index (χ1v) is 7.38. The van der Waals surface area contributed by atoms with Gasteiger partial charge in [-0.15, -0.1) is 11.3 Å². The molecule has 100 valence electrons. The lowest BCUT2D eigenvalue weighted by molar-refractivity contribution is 0.0743. The molecule has 0 radical (unpaired) electrons. The van der Waals surface area contributed by atoms with Gasteiger partial charge in [0.15, 0.2) is 0 Å². The molecule has 1 aliphatic rings. The van der Waals surface area contributed by atoms with E-state index < -0.39 is 0 Å². The Morgan fingerprint density at radius 2 is 2.42 bits per heavy atom. The predicted octanol–water partition coefficient (Wildman–Crippen LogP) is 2.89. The molecular weight excluding hydrogens is 260 g/mol. The maximum absolute atomic E-state index is 12.5. The quantitative estimate of drug-likeness (QED) is 0.843. The minimum absolute atomic E-state index is 0.0535. The summed E-state index contributed by atoms with van der Waals surface area (Å²) in [5, 5.41) is 5.77. The molecule has 3 rings (SSSR count). The molecule has 0 N–H and O–H groups in total. The third-order valence-corrected chi connectivity index (χ3v) is 4.35. The van der Waals surface area contributed by atoms with E-state index in [0.717, 1.165) is 25.8 Å². The molecule has 0 atom stereocenters. The van der Waals surface area contributed by atoms with Gasteiger partial charge in [-0.2, -0.15) is 0 Å². The first-order chi connectivity index (χ1) is 9.25. The second-order valence-corrected chi connectivity index (χ2v) is 5.89. The zero-order chi connectivity index (χ0) is 13.2. The van der Waals surface area contributed by atoms with Gasteiger partial charge in [0, 0.05) is 17.5 Å². The maximum Gasteiger partial charge on any atom is 0.259 e. The summed E-state index contributed by atoms with van der Waals surface area (Å²) in [6.07, 6.45) is 4.67. The average Bonchev–Trinajstić information content (AvgIpc) is 2.92. The molecule has 1 amide bonds. The molecule has 0 bridgehead atoms. The smallest absolute Gasteiger partial charge is 0.259 e. The fourth-order valence-electron chi connectivity index (χ4n) is 2.18. The Morgan fingerprint density at radius 1 is 1.58 bits per heavy atom. The Balaban J connectivity index is 1.70. The van der Waals surface area contributed by atoms with Gasteiger partial charge >= 0.3 is 0 Å². The Kier molecular flexibility index (Phi) is 3.38. The number of rotatable bonds is 5. The van der Waals surface area contributed by atoms with Gasteiger partial charge in [-0.3, -0.25) is 4.79 Å². The molecule has 2 aromatic heterocycles. The van der Waals surface area contributed by atoms with Crippen LogP contribution < -0.4 is 0 Å². The zero-order valence-electron chi connectivity index (χ0n) is 10.8. The van der Waals surface area contributed by atoms with Crippen molar-refractivity contribution in [2.24, 2.45) is 0 Å². The molecule has 1 saturated carbocycles. The van der Waals surface area contributed by atoms with Crippen molar-refractivity contribution in [2.75, 3.05) is 6.54 Å².